The lowest BCUT2D eigenvalue weighted by molar-refractivity contribution is 1.24. The Hall–Kier alpha value is -5.60. The van der Waals surface area contributed by atoms with E-state index in [1.807, 2.05) is 0 Å². The average Bonchev–Trinajstić information content (AvgIpc) is 3.09. The monoisotopic (exact) mass is 606 g/mol. The standard InChI is InChI=1S/C45H38N2/c1-29-13-21-37(22-14-29)47(43-28-31(3)12-16-33(43)5)41-26-20-35-17-23-38-40(25-19-34-18-24-39(41)45(35)44(34)38)46(36-9-7-6-8-10-36)42-27-30(2)11-15-32(42)4/h6-28H,1-5H3. The molecule has 0 aromatic heterocycles. The van der Waals surface area contributed by atoms with Gasteiger partial charge in [0.25, 0.3) is 0 Å². The third-order valence-electron chi connectivity index (χ3n) is 9.62. The van der Waals surface area contributed by atoms with Crippen molar-refractivity contribution >= 4 is 66.4 Å². The van der Waals surface area contributed by atoms with Crippen LogP contribution < -0.4 is 9.80 Å². The number of aryl methyl sites for hydroxylation is 5. The van der Waals surface area contributed by atoms with E-state index >= 15 is 0 Å². The first-order valence-corrected chi connectivity index (χ1v) is 16.4. The molecule has 8 aromatic rings. The highest BCUT2D eigenvalue weighted by Crippen LogP contribution is 2.48. The summed E-state index contributed by atoms with van der Waals surface area (Å²) in [6, 6.07) is 51.6. The van der Waals surface area contributed by atoms with Crippen molar-refractivity contribution in [1.82, 2.24) is 0 Å². The zero-order valence-electron chi connectivity index (χ0n) is 27.7. The smallest absolute Gasteiger partial charge is 0.0540 e. The number of benzene rings is 8. The minimum Gasteiger partial charge on any atom is -0.310 e. The average molecular weight is 607 g/mol. The van der Waals surface area contributed by atoms with Crippen LogP contribution in [0.2, 0.25) is 0 Å². The number of nitrogens with zero attached hydrogens (tertiary/aromatic N) is 2. The van der Waals surface area contributed by atoms with Gasteiger partial charge in [-0.05, 0) is 127 Å². The predicted molar refractivity (Wildman–Crippen MR) is 203 cm³/mol. The third kappa shape index (κ3) is 4.89. The van der Waals surface area contributed by atoms with E-state index in [9.17, 15) is 0 Å². The molecule has 0 saturated heterocycles. The van der Waals surface area contributed by atoms with Crippen LogP contribution in [-0.2, 0) is 0 Å². The molecule has 0 N–H and O–H groups in total. The van der Waals surface area contributed by atoms with Gasteiger partial charge in [0.2, 0.25) is 0 Å². The summed E-state index contributed by atoms with van der Waals surface area (Å²) in [6.45, 7) is 10.9. The molecule has 8 rings (SSSR count). The fourth-order valence-corrected chi connectivity index (χ4v) is 7.17. The fraction of sp³-hybridized carbons (Fsp3) is 0.111. The summed E-state index contributed by atoms with van der Waals surface area (Å²) >= 11 is 0. The number of anilines is 6. The summed E-state index contributed by atoms with van der Waals surface area (Å²) in [5.41, 5.74) is 13.3. The van der Waals surface area contributed by atoms with Gasteiger partial charge in [-0.2, -0.15) is 0 Å². The second-order valence-electron chi connectivity index (χ2n) is 13.0. The molecule has 0 aliphatic rings. The number of hydrogen-bond acceptors (Lipinski definition) is 2. The summed E-state index contributed by atoms with van der Waals surface area (Å²) in [5.74, 6) is 0. The van der Waals surface area contributed by atoms with Crippen molar-refractivity contribution in [2.75, 3.05) is 9.80 Å². The minimum atomic E-state index is 1.15. The Bertz CT molecular complexity index is 2400. The molecule has 0 spiro atoms. The highest BCUT2D eigenvalue weighted by atomic mass is 15.2. The van der Waals surface area contributed by atoms with E-state index in [2.05, 4.69) is 184 Å². The maximum atomic E-state index is 2.45. The molecule has 0 amide bonds. The second-order valence-corrected chi connectivity index (χ2v) is 13.0. The van der Waals surface area contributed by atoms with Crippen molar-refractivity contribution < 1.29 is 0 Å². The van der Waals surface area contributed by atoms with E-state index in [0.717, 1.165) is 11.4 Å². The SMILES string of the molecule is Cc1ccc(N(c2cc(C)ccc2C)c2ccc3ccc4c(N(c5ccccc5)c5cc(C)ccc5C)ccc5ccc2c3c54)cc1. The molecule has 0 bridgehead atoms. The maximum Gasteiger partial charge on any atom is 0.0540 e. The summed E-state index contributed by atoms with van der Waals surface area (Å²) in [7, 11) is 0. The molecular formula is C45H38N2. The summed E-state index contributed by atoms with van der Waals surface area (Å²) in [6.07, 6.45) is 0. The zero-order chi connectivity index (χ0) is 32.2. The Kier molecular flexibility index (Phi) is 6.95. The van der Waals surface area contributed by atoms with Gasteiger partial charge in [0.1, 0.15) is 0 Å². The van der Waals surface area contributed by atoms with Gasteiger partial charge in [-0.3, -0.25) is 0 Å². The van der Waals surface area contributed by atoms with Gasteiger partial charge < -0.3 is 9.80 Å². The highest BCUT2D eigenvalue weighted by Gasteiger charge is 2.23. The van der Waals surface area contributed by atoms with Crippen molar-refractivity contribution in [3.8, 4) is 0 Å². The highest BCUT2D eigenvalue weighted by molar-refractivity contribution is 6.28. The van der Waals surface area contributed by atoms with Crippen LogP contribution >= 0.6 is 0 Å². The number of para-hydroxylation sites is 1. The van der Waals surface area contributed by atoms with Crippen LogP contribution in [0.15, 0.2) is 140 Å². The van der Waals surface area contributed by atoms with E-state index in [1.54, 1.807) is 0 Å². The van der Waals surface area contributed by atoms with Crippen molar-refractivity contribution in [3.05, 3.63) is 167 Å². The predicted octanol–water partition coefficient (Wildman–Crippen LogP) is 13.1. The van der Waals surface area contributed by atoms with Gasteiger partial charge in [0.05, 0.1) is 11.4 Å². The molecular weight excluding hydrogens is 569 g/mol. The lowest BCUT2D eigenvalue weighted by Crippen LogP contribution is -2.13. The Balaban J connectivity index is 1.43. The lowest BCUT2D eigenvalue weighted by atomic mass is 9.91. The second kappa shape index (κ2) is 11.3. The van der Waals surface area contributed by atoms with E-state index < -0.39 is 0 Å². The van der Waals surface area contributed by atoms with Gasteiger partial charge in [0.15, 0.2) is 0 Å². The molecule has 0 aliphatic carbocycles. The van der Waals surface area contributed by atoms with Gasteiger partial charge in [0, 0.05) is 33.5 Å². The Labute approximate surface area is 277 Å². The van der Waals surface area contributed by atoms with Gasteiger partial charge in [-0.25, -0.2) is 0 Å². The van der Waals surface area contributed by atoms with Crippen LogP contribution in [0.3, 0.4) is 0 Å². The quantitative estimate of drug-likeness (QED) is 0.174. The summed E-state index contributed by atoms with van der Waals surface area (Å²) < 4.78 is 0. The summed E-state index contributed by atoms with van der Waals surface area (Å²) in [4.78, 5) is 4.88. The molecule has 228 valence electrons. The van der Waals surface area contributed by atoms with Gasteiger partial charge >= 0.3 is 0 Å². The fourth-order valence-electron chi connectivity index (χ4n) is 7.17. The van der Waals surface area contributed by atoms with E-state index in [4.69, 9.17) is 0 Å². The first-order valence-electron chi connectivity index (χ1n) is 16.4. The maximum absolute atomic E-state index is 2.45. The zero-order valence-corrected chi connectivity index (χ0v) is 27.7. The van der Waals surface area contributed by atoms with Crippen LogP contribution in [0.1, 0.15) is 27.8 Å². The molecule has 2 nitrogen and oxygen atoms in total. The third-order valence-corrected chi connectivity index (χ3v) is 9.62. The van der Waals surface area contributed by atoms with E-state index in [0.29, 0.717) is 0 Å². The molecule has 0 aliphatic heterocycles. The molecule has 0 radical (unpaired) electrons. The van der Waals surface area contributed by atoms with Crippen molar-refractivity contribution in [2.24, 2.45) is 0 Å². The van der Waals surface area contributed by atoms with E-state index in [1.165, 1.54) is 82.9 Å². The van der Waals surface area contributed by atoms with Crippen LogP contribution in [0, 0.1) is 34.6 Å². The molecule has 47 heavy (non-hydrogen) atoms. The Morgan fingerprint density at radius 2 is 0.766 bits per heavy atom. The van der Waals surface area contributed by atoms with E-state index in [-0.39, 0.29) is 0 Å². The lowest BCUT2D eigenvalue weighted by Gasteiger charge is -2.30. The van der Waals surface area contributed by atoms with Crippen LogP contribution in [0.5, 0.6) is 0 Å². The summed E-state index contributed by atoms with van der Waals surface area (Å²) in [5, 5.41) is 7.60. The van der Waals surface area contributed by atoms with Gasteiger partial charge in [-0.1, -0.05) is 96.6 Å². The molecule has 2 heteroatoms. The number of hydrogen-bond donors (Lipinski definition) is 0. The topological polar surface area (TPSA) is 6.48 Å². The normalized spacial score (nSPS) is 11.5. The molecule has 0 saturated carbocycles. The van der Waals surface area contributed by atoms with Crippen molar-refractivity contribution in [2.45, 2.75) is 34.6 Å². The number of rotatable bonds is 6. The van der Waals surface area contributed by atoms with Crippen LogP contribution in [0.25, 0.3) is 32.3 Å². The molecule has 0 heterocycles. The first-order chi connectivity index (χ1) is 22.9. The Morgan fingerprint density at radius 1 is 0.340 bits per heavy atom. The van der Waals surface area contributed by atoms with Crippen LogP contribution in [0.4, 0.5) is 34.1 Å². The minimum absolute atomic E-state index is 1.15. The molecule has 0 unspecified atom stereocenters. The first kappa shape index (κ1) is 28.8. The van der Waals surface area contributed by atoms with Gasteiger partial charge in [-0.15, -0.1) is 0 Å². The molecule has 0 atom stereocenters. The molecule has 0 fully saturated rings. The van der Waals surface area contributed by atoms with Crippen molar-refractivity contribution in [1.29, 1.82) is 0 Å². The van der Waals surface area contributed by atoms with Crippen molar-refractivity contribution in [3.63, 3.8) is 0 Å². The largest absolute Gasteiger partial charge is 0.310 e. The van der Waals surface area contributed by atoms with Crippen LogP contribution in [-0.4, -0.2) is 0 Å². The molecule has 8 aromatic carbocycles. The Morgan fingerprint density at radius 3 is 1.26 bits per heavy atom.